The second-order valence-electron chi connectivity index (χ2n) is 7.48. The summed E-state index contributed by atoms with van der Waals surface area (Å²) in [5, 5.41) is 10.8. The summed E-state index contributed by atoms with van der Waals surface area (Å²) in [6.45, 7) is 3.61. The van der Waals surface area contributed by atoms with E-state index in [1.54, 1.807) is 0 Å². The van der Waals surface area contributed by atoms with Crippen molar-refractivity contribution in [3.8, 4) is 0 Å². The molecule has 4 rings (SSSR count). The third-order valence-electron chi connectivity index (χ3n) is 5.95. The van der Waals surface area contributed by atoms with Crippen LogP contribution in [0.15, 0.2) is 0 Å². The molecule has 2 saturated heterocycles. The van der Waals surface area contributed by atoms with Crippen LogP contribution >= 0.6 is 12.4 Å². The Morgan fingerprint density at radius 1 is 1.17 bits per heavy atom. The van der Waals surface area contributed by atoms with Crippen LogP contribution in [0.25, 0.3) is 0 Å². The number of aryl methyl sites for hydroxylation is 1. The van der Waals surface area contributed by atoms with Gasteiger partial charge >= 0.3 is 0 Å². The Morgan fingerprint density at radius 3 is 2.58 bits per heavy atom. The van der Waals surface area contributed by atoms with Crippen molar-refractivity contribution in [3.05, 3.63) is 11.6 Å². The van der Waals surface area contributed by atoms with Gasteiger partial charge < -0.3 is 10.2 Å². The fourth-order valence-corrected chi connectivity index (χ4v) is 4.63. The number of amides is 1. The first-order chi connectivity index (χ1) is 11.2. The van der Waals surface area contributed by atoms with E-state index >= 15 is 0 Å². The van der Waals surface area contributed by atoms with Gasteiger partial charge in [-0.05, 0) is 44.9 Å². The largest absolute Gasteiger partial charge is 0.341 e. The molecule has 1 aliphatic carbocycles. The van der Waals surface area contributed by atoms with E-state index in [0.29, 0.717) is 17.9 Å². The highest BCUT2D eigenvalue weighted by Gasteiger charge is 2.40. The second-order valence-corrected chi connectivity index (χ2v) is 7.48. The molecule has 3 unspecified atom stereocenters. The summed E-state index contributed by atoms with van der Waals surface area (Å²) in [5.74, 6) is 3.23. The number of rotatable bonds is 2. The molecule has 1 saturated carbocycles. The van der Waals surface area contributed by atoms with Crippen molar-refractivity contribution in [3.63, 3.8) is 0 Å². The van der Waals surface area contributed by atoms with Gasteiger partial charge in [0.25, 0.3) is 0 Å². The van der Waals surface area contributed by atoms with Crippen LogP contribution in [0.3, 0.4) is 0 Å². The van der Waals surface area contributed by atoms with Crippen LogP contribution in [0.1, 0.15) is 62.5 Å². The third kappa shape index (κ3) is 3.45. The van der Waals surface area contributed by atoms with Crippen molar-refractivity contribution in [2.75, 3.05) is 13.1 Å². The molecule has 2 aliphatic heterocycles. The minimum Gasteiger partial charge on any atom is -0.341 e. The van der Waals surface area contributed by atoms with Gasteiger partial charge in [0.1, 0.15) is 5.82 Å². The molecule has 7 heteroatoms. The van der Waals surface area contributed by atoms with Crippen molar-refractivity contribution in [1.82, 2.24) is 25.4 Å². The van der Waals surface area contributed by atoms with Crippen LogP contribution in [-0.4, -0.2) is 51.2 Å². The fourth-order valence-electron chi connectivity index (χ4n) is 4.63. The first-order valence-electron chi connectivity index (χ1n) is 9.14. The van der Waals surface area contributed by atoms with Gasteiger partial charge in [0.15, 0.2) is 5.82 Å². The van der Waals surface area contributed by atoms with Gasteiger partial charge in [-0.15, -0.1) is 12.4 Å². The molecule has 1 aromatic heterocycles. The van der Waals surface area contributed by atoms with Gasteiger partial charge in [0, 0.05) is 25.0 Å². The first kappa shape index (κ1) is 17.7. The summed E-state index contributed by atoms with van der Waals surface area (Å²) in [4.78, 5) is 19.3. The van der Waals surface area contributed by atoms with Crippen LogP contribution in [0, 0.1) is 12.8 Å². The molecule has 24 heavy (non-hydrogen) atoms. The van der Waals surface area contributed by atoms with Crippen LogP contribution < -0.4 is 5.32 Å². The average Bonchev–Trinajstić information content (AvgIpc) is 3.20. The molecule has 3 aliphatic rings. The summed E-state index contributed by atoms with van der Waals surface area (Å²) >= 11 is 0. The van der Waals surface area contributed by atoms with Crippen molar-refractivity contribution in [2.45, 2.75) is 69.9 Å². The zero-order chi connectivity index (χ0) is 15.8. The molecule has 0 radical (unpaired) electrons. The molecular weight excluding hydrogens is 326 g/mol. The van der Waals surface area contributed by atoms with Crippen molar-refractivity contribution >= 4 is 18.3 Å². The molecule has 0 aromatic carbocycles. The number of hydrogen-bond acceptors (Lipinski definition) is 4. The number of halogens is 1. The number of aromatic amines is 1. The molecule has 0 bridgehead atoms. The number of nitrogens with one attached hydrogen (secondary N) is 2. The van der Waals surface area contributed by atoms with Gasteiger partial charge in [0.2, 0.25) is 5.91 Å². The summed E-state index contributed by atoms with van der Waals surface area (Å²) in [5.41, 5.74) is 0. The summed E-state index contributed by atoms with van der Waals surface area (Å²) in [6.07, 6.45) is 8.20. The van der Waals surface area contributed by atoms with E-state index in [2.05, 4.69) is 25.4 Å². The Balaban J connectivity index is 0.00000169. The molecular formula is C17H28ClN5O. The number of carbonyl (C=O) groups is 1. The van der Waals surface area contributed by atoms with E-state index in [-0.39, 0.29) is 18.4 Å². The maximum absolute atomic E-state index is 12.8. The zero-order valence-corrected chi connectivity index (χ0v) is 15.1. The number of aromatic nitrogens is 3. The lowest BCUT2D eigenvalue weighted by Gasteiger charge is -2.32. The quantitative estimate of drug-likeness (QED) is 0.854. The van der Waals surface area contributed by atoms with Gasteiger partial charge in [-0.3, -0.25) is 9.89 Å². The Hall–Kier alpha value is -1.14. The number of carbonyl (C=O) groups excluding carboxylic acids is 1. The lowest BCUT2D eigenvalue weighted by atomic mass is 9.85. The lowest BCUT2D eigenvalue weighted by Crippen LogP contribution is -2.48. The first-order valence-corrected chi connectivity index (χ1v) is 9.14. The Bertz CT molecular complexity index is 555. The van der Waals surface area contributed by atoms with Crippen molar-refractivity contribution < 1.29 is 4.79 Å². The average molecular weight is 354 g/mol. The minimum atomic E-state index is 0. The maximum Gasteiger partial charge on any atom is 0.239 e. The van der Waals surface area contributed by atoms with Gasteiger partial charge in [-0.25, -0.2) is 4.98 Å². The smallest absolute Gasteiger partial charge is 0.239 e. The Kier molecular flexibility index (Phi) is 5.45. The Morgan fingerprint density at radius 2 is 1.92 bits per heavy atom. The fraction of sp³-hybridized carbons (Fsp3) is 0.824. The molecule has 2 N–H and O–H groups in total. The Labute approximate surface area is 149 Å². The number of hydrogen-bond donors (Lipinski definition) is 2. The molecule has 134 valence electrons. The number of piperidine rings is 1. The number of likely N-dealkylation sites (tertiary alicyclic amines) is 1. The topological polar surface area (TPSA) is 73.9 Å². The van der Waals surface area contributed by atoms with E-state index < -0.39 is 0 Å². The molecule has 3 fully saturated rings. The highest BCUT2D eigenvalue weighted by Crippen LogP contribution is 2.34. The molecule has 3 atom stereocenters. The SMILES string of the molecule is Cc1nc(C2CCN(C(=O)C3CC4CCCCC4N3)CC2)n[nH]1.Cl. The highest BCUT2D eigenvalue weighted by atomic mass is 35.5. The molecule has 6 nitrogen and oxygen atoms in total. The van der Waals surface area contributed by atoms with Crippen molar-refractivity contribution in [2.24, 2.45) is 5.92 Å². The number of fused-ring (bicyclic) bond motifs is 1. The third-order valence-corrected chi connectivity index (χ3v) is 5.95. The van der Waals surface area contributed by atoms with Crippen LogP contribution in [-0.2, 0) is 4.79 Å². The van der Waals surface area contributed by atoms with E-state index in [4.69, 9.17) is 0 Å². The molecule has 3 heterocycles. The summed E-state index contributed by atoms with van der Waals surface area (Å²) < 4.78 is 0. The van der Waals surface area contributed by atoms with E-state index in [1.807, 2.05) is 6.92 Å². The highest BCUT2D eigenvalue weighted by molar-refractivity contribution is 5.85. The maximum atomic E-state index is 12.8. The number of H-pyrrole nitrogens is 1. The van der Waals surface area contributed by atoms with Crippen molar-refractivity contribution in [1.29, 1.82) is 0 Å². The van der Waals surface area contributed by atoms with Gasteiger partial charge in [-0.1, -0.05) is 12.8 Å². The van der Waals surface area contributed by atoms with E-state index in [0.717, 1.165) is 49.9 Å². The van der Waals surface area contributed by atoms with Gasteiger partial charge in [0.05, 0.1) is 6.04 Å². The van der Waals surface area contributed by atoms with Crippen LogP contribution in [0.2, 0.25) is 0 Å². The van der Waals surface area contributed by atoms with Crippen LogP contribution in [0.4, 0.5) is 0 Å². The predicted molar refractivity (Wildman–Crippen MR) is 94.2 cm³/mol. The zero-order valence-electron chi connectivity index (χ0n) is 14.3. The van der Waals surface area contributed by atoms with E-state index in [1.165, 1.54) is 25.7 Å². The molecule has 1 amide bonds. The van der Waals surface area contributed by atoms with Crippen LogP contribution in [0.5, 0.6) is 0 Å². The summed E-state index contributed by atoms with van der Waals surface area (Å²) in [7, 11) is 0. The van der Waals surface area contributed by atoms with Gasteiger partial charge in [-0.2, -0.15) is 5.10 Å². The normalized spacial score (nSPS) is 30.7. The molecule has 1 aromatic rings. The lowest BCUT2D eigenvalue weighted by molar-refractivity contribution is -0.134. The number of nitrogens with zero attached hydrogens (tertiary/aromatic N) is 3. The monoisotopic (exact) mass is 353 g/mol. The predicted octanol–water partition coefficient (Wildman–Crippen LogP) is 2.16. The molecule has 0 spiro atoms. The van der Waals surface area contributed by atoms with E-state index in [9.17, 15) is 4.79 Å². The standard InChI is InChI=1S/C17H27N5O.ClH/c1-11-18-16(21-20-11)12-6-8-22(9-7-12)17(23)15-10-13-4-2-3-5-14(13)19-15;/h12-15,19H,2-10H2,1H3,(H,18,20,21);1H. The summed E-state index contributed by atoms with van der Waals surface area (Å²) in [6, 6.07) is 0.650. The minimum absolute atomic E-state index is 0. The second kappa shape index (κ2) is 7.40.